The van der Waals surface area contributed by atoms with E-state index in [1.54, 1.807) is 6.20 Å². The van der Waals surface area contributed by atoms with Crippen LogP contribution in [0.25, 0.3) is 17.0 Å². The summed E-state index contributed by atoms with van der Waals surface area (Å²) in [6, 6.07) is 15.3. The Balaban J connectivity index is 1.67. The van der Waals surface area contributed by atoms with E-state index < -0.39 is 0 Å². The van der Waals surface area contributed by atoms with Gasteiger partial charge in [-0.05, 0) is 43.7 Å². The summed E-state index contributed by atoms with van der Waals surface area (Å²) in [6.45, 7) is 3.95. The van der Waals surface area contributed by atoms with Crippen molar-refractivity contribution in [3.8, 4) is 11.3 Å². The molecule has 0 saturated carbocycles. The lowest BCUT2D eigenvalue weighted by Gasteiger charge is -2.10. The molecule has 0 bridgehead atoms. The molecule has 0 radical (unpaired) electrons. The quantitative estimate of drug-likeness (QED) is 0.605. The van der Waals surface area contributed by atoms with Crippen LogP contribution in [0.15, 0.2) is 67.1 Å². The zero-order valence-corrected chi connectivity index (χ0v) is 14.6. The number of hydrogen-bond donors (Lipinski definition) is 1. The van der Waals surface area contributed by atoms with Gasteiger partial charge < -0.3 is 5.32 Å². The van der Waals surface area contributed by atoms with Crippen LogP contribution in [-0.2, 0) is 0 Å². The molecule has 5 nitrogen and oxygen atoms in total. The van der Waals surface area contributed by atoms with Crippen molar-refractivity contribution in [3.63, 3.8) is 0 Å². The number of carbonyl (C=O) groups excluding carboxylic acids is 1. The maximum absolute atomic E-state index is 12.6. The Kier molecular flexibility index (Phi) is 3.97. The summed E-state index contributed by atoms with van der Waals surface area (Å²) in [5.74, 6) is 0.527. The third-order valence-corrected chi connectivity index (χ3v) is 4.30. The van der Waals surface area contributed by atoms with E-state index in [1.807, 2.05) is 79.2 Å². The van der Waals surface area contributed by atoms with Crippen LogP contribution < -0.4 is 5.32 Å². The Morgan fingerprint density at radius 3 is 2.77 bits per heavy atom. The second-order valence-electron chi connectivity index (χ2n) is 6.31. The number of nitrogens with zero attached hydrogens (tertiary/aromatic N) is 3. The molecule has 0 aliphatic heterocycles. The number of anilines is 1. The first kappa shape index (κ1) is 16.0. The van der Waals surface area contributed by atoms with E-state index in [0.717, 1.165) is 28.1 Å². The molecule has 0 atom stereocenters. The minimum atomic E-state index is -0.120. The number of aryl methyl sites for hydroxylation is 2. The number of hydrogen-bond acceptors (Lipinski definition) is 3. The first-order valence-electron chi connectivity index (χ1n) is 8.39. The van der Waals surface area contributed by atoms with Gasteiger partial charge in [0, 0.05) is 35.4 Å². The lowest BCUT2D eigenvalue weighted by atomic mass is 10.1. The number of imidazole rings is 1. The largest absolute Gasteiger partial charge is 0.322 e. The van der Waals surface area contributed by atoms with Gasteiger partial charge in [0.2, 0.25) is 5.78 Å². The molecule has 5 heteroatoms. The van der Waals surface area contributed by atoms with Crippen molar-refractivity contribution < 1.29 is 4.79 Å². The maximum atomic E-state index is 12.6. The monoisotopic (exact) mass is 342 g/mol. The standard InChI is InChI=1S/C21H18N4O/c1-14-5-3-6-17(11-14)20(26)23-18-12-16(8-7-15(18)2)19-13-25-10-4-9-22-21(25)24-19/h3-13H,1-2H3,(H,23,26). The topological polar surface area (TPSA) is 59.3 Å². The third kappa shape index (κ3) is 3.07. The van der Waals surface area contributed by atoms with Crippen molar-refractivity contribution in [3.05, 3.63) is 83.8 Å². The smallest absolute Gasteiger partial charge is 0.255 e. The molecule has 0 aliphatic rings. The summed E-state index contributed by atoms with van der Waals surface area (Å²) < 4.78 is 1.88. The predicted octanol–water partition coefficient (Wildman–Crippen LogP) is 4.27. The van der Waals surface area contributed by atoms with Gasteiger partial charge in [0.05, 0.1) is 5.69 Å². The van der Waals surface area contributed by atoms with Crippen LogP contribution in [0.3, 0.4) is 0 Å². The van der Waals surface area contributed by atoms with Gasteiger partial charge in [0.25, 0.3) is 5.91 Å². The Labute approximate surface area is 151 Å². The van der Waals surface area contributed by atoms with Gasteiger partial charge in [-0.1, -0.05) is 29.8 Å². The van der Waals surface area contributed by atoms with Crippen LogP contribution in [0.2, 0.25) is 0 Å². The van der Waals surface area contributed by atoms with Crippen LogP contribution in [0.5, 0.6) is 0 Å². The van der Waals surface area contributed by atoms with Crippen molar-refractivity contribution >= 4 is 17.4 Å². The van der Waals surface area contributed by atoms with Crippen molar-refractivity contribution in [2.45, 2.75) is 13.8 Å². The van der Waals surface area contributed by atoms with E-state index in [9.17, 15) is 4.79 Å². The number of fused-ring (bicyclic) bond motifs is 1. The van der Waals surface area contributed by atoms with Gasteiger partial charge in [-0.3, -0.25) is 9.20 Å². The number of carbonyl (C=O) groups is 1. The van der Waals surface area contributed by atoms with Crippen LogP contribution >= 0.6 is 0 Å². The van der Waals surface area contributed by atoms with Crippen molar-refractivity contribution in [1.82, 2.24) is 14.4 Å². The summed E-state index contributed by atoms with van der Waals surface area (Å²) in [7, 11) is 0. The highest BCUT2D eigenvalue weighted by atomic mass is 16.1. The van der Waals surface area contributed by atoms with Crippen molar-refractivity contribution in [1.29, 1.82) is 0 Å². The summed E-state index contributed by atoms with van der Waals surface area (Å²) >= 11 is 0. The predicted molar refractivity (Wildman–Crippen MR) is 102 cm³/mol. The SMILES string of the molecule is Cc1cccc(C(=O)Nc2cc(-c3cn4cccnc4n3)ccc2C)c1. The molecular weight excluding hydrogens is 324 g/mol. The summed E-state index contributed by atoms with van der Waals surface area (Å²) in [4.78, 5) is 21.4. The number of aromatic nitrogens is 3. The molecule has 4 aromatic rings. The molecule has 26 heavy (non-hydrogen) atoms. The lowest BCUT2D eigenvalue weighted by molar-refractivity contribution is 0.102. The van der Waals surface area contributed by atoms with E-state index in [-0.39, 0.29) is 5.91 Å². The molecule has 0 saturated heterocycles. The van der Waals surface area contributed by atoms with E-state index in [4.69, 9.17) is 0 Å². The van der Waals surface area contributed by atoms with Crippen LogP contribution in [-0.4, -0.2) is 20.3 Å². The zero-order valence-electron chi connectivity index (χ0n) is 14.6. The van der Waals surface area contributed by atoms with Gasteiger partial charge in [0.1, 0.15) is 0 Å². The molecule has 2 aromatic heterocycles. The van der Waals surface area contributed by atoms with E-state index >= 15 is 0 Å². The molecule has 4 rings (SSSR count). The summed E-state index contributed by atoms with van der Waals surface area (Å²) in [6.07, 6.45) is 5.56. The Morgan fingerprint density at radius 2 is 1.96 bits per heavy atom. The Bertz CT molecular complexity index is 1080. The molecular formula is C21H18N4O. The molecule has 0 aliphatic carbocycles. The average Bonchev–Trinajstić information content (AvgIpc) is 3.07. The highest BCUT2D eigenvalue weighted by Gasteiger charge is 2.11. The maximum Gasteiger partial charge on any atom is 0.255 e. The first-order valence-corrected chi connectivity index (χ1v) is 8.39. The normalized spacial score (nSPS) is 10.8. The van der Waals surface area contributed by atoms with Crippen LogP contribution in [0.1, 0.15) is 21.5 Å². The fraction of sp³-hybridized carbons (Fsp3) is 0.0952. The van der Waals surface area contributed by atoms with Gasteiger partial charge in [0.15, 0.2) is 0 Å². The molecule has 2 heterocycles. The molecule has 1 amide bonds. The average molecular weight is 342 g/mol. The fourth-order valence-corrected chi connectivity index (χ4v) is 2.87. The Hall–Kier alpha value is -3.47. The van der Waals surface area contributed by atoms with Crippen molar-refractivity contribution in [2.24, 2.45) is 0 Å². The second-order valence-corrected chi connectivity index (χ2v) is 6.31. The van der Waals surface area contributed by atoms with Gasteiger partial charge in [-0.25, -0.2) is 9.97 Å². The highest BCUT2D eigenvalue weighted by molar-refractivity contribution is 6.05. The lowest BCUT2D eigenvalue weighted by Crippen LogP contribution is -2.13. The summed E-state index contributed by atoms with van der Waals surface area (Å²) in [5.41, 5.74) is 5.22. The summed E-state index contributed by atoms with van der Waals surface area (Å²) in [5, 5.41) is 3.01. The van der Waals surface area contributed by atoms with E-state index in [0.29, 0.717) is 11.3 Å². The van der Waals surface area contributed by atoms with Crippen LogP contribution in [0.4, 0.5) is 5.69 Å². The van der Waals surface area contributed by atoms with Crippen molar-refractivity contribution in [2.75, 3.05) is 5.32 Å². The first-order chi connectivity index (χ1) is 12.6. The Morgan fingerprint density at radius 1 is 1.08 bits per heavy atom. The zero-order chi connectivity index (χ0) is 18.1. The molecule has 1 N–H and O–H groups in total. The van der Waals surface area contributed by atoms with E-state index in [2.05, 4.69) is 15.3 Å². The highest BCUT2D eigenvalue weighted by Crippen LogP contribution is 2.25. The van der Waals surface area contributed by atoms with Gasteiger partial charge in [-0.2, -0.15) is 0 Å². The number of benzene rings is 2. The van der Waals surface area contributed by atoms with E-state index in [1.165, 1.54) is 0 Å². The fourth-order valence-electron chi connectivity index (χ4n) is 2.87. The molecule has 2 aromatic carbocycles. The number of rotatable bonds is 3. The second kappa shape index (κ2) is 6.44. The molecule has 0 unspecified atom stereocenters. The third-order valence-electron chi connectivity index (χ3n) is 4.30. The minimum absolute atomic E-state index is 0.120. The minimum Gasteiger partial charge on any atom is -0.322 e. The molecule has 128 valence electrons. The van der Waals surface area contributed by atoms with Gasteiger partial charge in [-0.15, -0.1) is 0 Å². The number of nitrogens with one attached hydrogen (secondary N) is 1. The van der Waals surface area contributed by atoms with Crippen LogP contribution in [0, 0.1) is 13.8 Å². The number of amides is 1. The van der Waals surface area contributed by atoms with Gasteiger partial charge >= 0.3 is 0 Å². The molecule has 0 fully saturated rings. The molecule has 0 spiro atoms.